The van der Waals surface area contributed by atoms with Crippen molar-refractivity contribution in [2.75, 3.05) is 13.7 Å². The zero-order valence-corrected chi connectivity index (χ0v) is 13.2. The lowest BCUT2D eigenvalue weighted by molar-refractivity contribution is 0.0531. The molecule has 0 spiro atoms. The van der Waals surface area contributed by atoms with Crippen LogP contribution in [0.2, 0.25) is 0 Å². The Balaban J connectivity index is 2.42. The van der Waals surface area contributed by atoms with Crippen molar-refractivity contribution in [2.45, 2.75) is 20.3 Å². The largest absolute Gasteiger partial charge is 0.496 e. The van der Waals surface area contributed by atoms with Gasteiger partial charge in [0.1, 0.15) is 15.6 Å². The van der Waals surface area contributed by atoms with Crippen LogP contribution in [0.4, 0.5) is 8.78 Å². The van der Waals surface area contributed by atoms with Gasteiger partial charge < -0.3 is 9.47 Å². The van der Waals surface area contributed by atoms with Gasteiger partial charge in [-0.2, -0.15) is 0 Å². The lowest BCUT2D eigenvalue weighted by atomic mass is 10.1. The first-order valence-corrected chi connectivity index (χ1v) is 7.40. The molecule has 0 unspecified atom stereocenters. The van der Waals surface area contributed by atoms with Gasteiger partial charge in [0.05, 0.1) is 25.0 Å². The number of aryl methyl sites for hydroxylation is 1. The van der Waals surface area contributed by atoms with Crippen LogP contribution >= 0.6 is 11.3 Å². The van der Waals surface area contributed by atoms with Gasteiger partial charge in [-0.25, -0.2) is 18.6 Å². The Morgan fingerprint density at radius 2 is 2.14 bits per heavy atom. The van der Waals surface area contributed by atoms with Crippen molar-refractivity contribution in [3.8, 4) is 16.3 Å². The van der Waals surface area contributed by atoms with Crippen molar-refractivity contribution >= 4 is 17.3 Å². The second-order valence-electron chi connectivity index (χ2n) is 4.41. The van der Waals surface area contributed by atoms with E-state index < -0.39 is 12.4 Å². The van der Waals surface area contributed by atoms with Crippen LogP contribution in [0, 0.1) is 6.92 Å². The molecule has 0 amide bonds. The number of esters is 1. The summed E-state index contributed by atoms with van der Waals surface area (Å²) in [6.45, 7) is 3.67. The predicted octanol–water partition coefficient (Wildman–Crippen LogP) is 4.24. The summed E-state index contributed by atoms with van der Waals surface area (Å²) in [5.41, 5.74) is 0.832. The first kappa shape index (κ1) is 16.4. The molecule has 118 valence electrons. The molecule has 4 nitrogen and oxygen atoms in total. The molecule has 0 saturated heterocycles. The van der Waals surface area contributed by atoms with Crippen LogP contribution in [0.3, 0.4) is 0 Å². The molecule has 0 radical (unpaired) electrons. The van der Waals surface area contributed by atoms with Crippen LogP contribution in [0.25, 0.3) is 10.6 Å². The van der Waals surface area contributed by atoms with Crippen molar-refractivity contribution in [1.82, 2.24) is 4.98 Å². The smallest absolute Gasteiger partial charge is 0.350 e. The van der Waals surface area contributed by atoms with Crippen molar-refractivity contribution < 1.29 is 23.0 Å². The molecule has 1 heterocycles. The van der Waals surface area contributed by atoms with E-state index in [1.54, 1.807) is 19.9 Å². The molecule has 22 heavy (non-hydrogen) atoms. The van der Waals surface area contributed by atoms with E-state index in [-0.39, 0.29) is 17.9 Å². The Morgan fingerprint density at radius 1 is 1.41 bits per heavy atom. The molecule has 2 rings (SSSR count). The summed E-state index contributed by atoms with van der Waals surface area (Å²) in [6, 6.07) is 4.44. The molecule has 0 atom stereocenters. The zero-order chi connectivity index (χ0) is 16.3. The number of methoxy groups -OCH3 is 1. The van der Waals surface area contributed by atoms with E-state index in [0.717, 1.165) is 11.3 Å². The Bertz CT molecular complexity index is 685. The molecule has 0 aliphatic carbocycles. The first-order valence-electron chi connectivity index (χ1n) is 6.59. The Morgan fingerprint density at radius 3 is 2.73 bits per heavy atom. The van der Waals surface area contributed by atoms with Crippen LogP contribution < -0.4 is 4.74 Å². The molecule has 0 N–H and O–H groups in total. The number of thiazole rings is 1. The van der Waals surface area contributed by atoms with Gasteiger partial charge in [-0.3, -0.25) is 0 Å². The number of alkyl halides is 2. The van der Waals surface area contributed by atoms with Crippen LogP contribution in [0.5, 0.6) is 5.75 Å². The van der Waals surface area contributed by atoms with Crippen LogP contribution in [-0.4, -0.2) is 24.7 Å². The van der Waals surface area contributed by atoms with E-state index in [2.05, 4.69) is 4.98 Å². The Labute approximate surface area is 130 Å². The topological polar surface area (TPSA) is 48.4 Å². The summed E-state index contributed by atoms with van der Waals surface area (Å²) in [4.78, 5) is 16.4. The minimum absolute atomic E-state index is 0.123. The van der Waals surface area contributed by atoms with Crippen molar-refractivity contribution in [3.05, 3.63) is 34.3 Å². The molecule has 7 heteroatoms. The van der Waals surface area contributed by atoms with Gasteiger partial charge in [-0.15, -0.1) is 11.3 Å². The number of ether oxygens (including phenoxy) is 2. The van der Waals surface area contributed by atoms with E-state index in [1.807, 2.05) is 0 Å². The number of hydrogen-bond donors (Lipinski definition) is 0. The summed E-state index contributed by atoms with van der Waals surface area (Å²) in [5, 5.41) is 0.491. The summed E-state index contributed by atoms with van der Waals surface area (Å²) < 4.78 is 36.0. The maximum absolute atomic E-state index is 13.1. The van der Waals surface area contributed by atoms with E-state index >= 15 is 0 Å². The van der Waals surface area contributed by atoms with Gasteiger partial charge in [-0.05, 0) is 32.0 Å². The van der Waals surface area contributed by atoms with Crippen molar-refractivity contribution in [3.63, 3.8) is 0 Å². The fourth-order valence-electron chi connectivity index (χ4n) is 1.94. The first-order chi connectivity index (χ1) is 10.5. The van der Waals surface area contributed by atoms with Gasteiger partial charge in [0.25, 0.3) is 6.43 Å². The van der Waals surface area contributed by atoms with Crippen molar-refractivity contribution in [2.24, 2.45) is 0 Å². The third-order valence-corrected chi connectivity index (χ3v) is 4.16. The molecular formula is C15H15F2NO3S. The van der Waals surface area contributed by atoms with E-state index in [0.29, 0.717) is 21.1 Å². The SMILES string of the molecule is CCOC(=O)c1sc(-c2ccc(OC)c(C(F)F)c2)nc1C. The van der Waals surface area contributed by atoms with E-state index in [9.17, 15) is 13.6 Å². The molecule has 1 aromatic carbocycles. The standard InChI is InChI=1S/C15H15F2NO3S/c1-4-21-15(19)12-8(2)18-14(22-12)9-5-6-11(20-3)10(7-9)13(16)17/h5-7,13H,4H2,1-3H3. The Hall–Kier alpha value is -2.02. The number of benzene rings is 1. The monoisotopic (exact) mass is 327 g/mol. The molecule has 0 saturated carbocycles. The molecule has 1 aromatic heterocycles. The maximum Gasteiger partial charge on any atom is 0.350 e. The highest BCUT2D eigenvalue weighted by atomic mass is 32.1. The van der Waals surface area contributed by atoms with Gasteiger partial charge >= 0.3 is 5.97 Å². The highest BCUT2D eigenvalue weighted by molar-refractivity contribution is 7.17. The second kappa shape index (κ2) is 6.83. The fraction of sp³-hybridized carbons (Fsp3) is 0.333. The van der Waals surface area contributed by atoms with E-state index in [1.165, 1.54) is 19.2 Å². The predicted molar refractivity (Wildman–Crippen MR) is 79.8 cm³/mol. The average Bonchev–Trinajstić information content (AvgIpc) is 2.88. The molecule has 0 aliphatic heterocycles. The van der Waals surface area contributed by atoms with Crippen LogP contribution in [-0.2, 0) is 4.74 Å². The molecule has 0 fully saturated rings. The molecular weight excluding hydrogens is 312 g/mol. The number of halogens is 2. The minimum atomic E-state index is -2.65. The second-order valence-corrected chi connectivity index (χ2v) is 5.41. The summed E-state index contributed by atoms with van der Waals surface area (Å²) >= 11 is 1.12. The third kappa shape index (κ3) is 3.24. The summed E-state index contributed by atoms with van der Waals surface area (Å²) in [5.74, 6) is -0.330. The van der Waals surface area contributed by atoms with Crippen LogP contribution in [0.1, 0.15) is 34.3 Å². The normalized spacial score (nSPS) is 10.8. The number of carbonyl (C=O) groups excluding carboxylic acids is 1. The van der Waals surface area contributed by atoms with Crippen molar-refractivity contribution in [1.29, 1.82) is 0 Å². The number of carbonyl (C=O) groups is 1. The van der Waals surface area contributed by atoms with Gasteiger partial charge in [-0.1, -0.05) is 0 Å². The number of hydrogen-bond acceptors (Lipinski definition) is 5. The van der Waals surface area contributed by atoms with Gasteiger partial charge in [0.15, 0.2) is 0 Å². The highest BCUT2D eigenvalue weighted by Crippen LogP contribution is 2.35. The number of nitrogens with zero attached hydrogens (tertiary/aromatic N) is 1. The van der Waals surface area contributed by atoms with Gasteiger partial charge in [0, 0.05) is 5.56 Å². The molecule has 0 aliphatic rings. The molecule has 2 aromatic rings. The minimum Gasteiger partial charge on any atom is -0.496 e. The number of rotatable bonds is 5. The summed E-state index contributed by atoms with van der Waals surface area (Å²) in [6.07, 6.45) is -2.65. The van der Waals surface area contributed by atoms with Gasteiger partial charge in [0.2, 0.25) is 0 Å². The molecule has 0 bridgehead atoms. The maximum atomic E-state index is 13.1. The third-order valence-electron chi connectivity index (χ3n) is 2.97. The Kier molecular flexibility index (Phi) is 5.07. The van der Waals surface area contributed by atoms with E-state index in [4.69, 9.17) is 9.47 Å². The van der Waals surface area contributed by atoms with Crippen LogP contribution in [0.15, 0.2) is 18.2 Å². The average molecular weight is 327 g/mol. The lowest BCUT2D eigenvalue weighted by Gasteiger charge is -2.08. The number of aromatic nitrogens is 1. The fourth-order valence-corrected chi connectivity index (χ4v) is 2.90. The summed E-state index contributed by atoms with van der Waals surface area (Å²) in [7, 11) is 1.34. The zero-order valence-electron chi connectivity index (χ0n) is 12.4. The highest BCUT2D eigenvalue weighted by Gasteiger charge is 2.20. The lowest BCUT2D eigenvalue weighted by Crippen LogP contribution is -2.03. The quantitative estimate of drug-likeness (QED) is 0.771.